The Morgan fingerprint density at radius 3 is 2.72 bits per heavy atom. The Bertz CT molecular complexity index is 425. The van der Waals surface area contributed by atoms with E-state index in [0.29, 0.717) is 0 Å². The van der Waals surface area contributed by atoms with E-state index in [1.54, 1.807) is 12.1 Å². The molecule has 2 atom stereocenters. The Morgan fingerprint density at radius 1 is 1.50 bits per heavy atom. The summed E-state index contributed by atoms with van der Waals surface area (Å²) < 4.78 is 13.8. The van der Waals surface area contributed by atoms with Crippen LogP contribution in [0.15, 0.2) is 18.2 Å². The molecule has 1 aromatic carbocycles. The molecule has 4 N–H and O–H groups in total. The topological polar surface area (TPSA) is 58.3 Å². The van der Waals surface area contributed by atoms with Crippen LogP contribution in [0.4, 0.5) is 10.1 Å². The summed E-state index contributed by atoms with van der Waals surface area (Å²) in [6, 6.07) is 4.64. The highest BCUT2D eigenvalue weighted by atomic mass is 35.5. The molecular weight excluding hydrogens is 255 g/mol. The van der Waals surface area contributed by atoms with Gasteiger partial charge in [0, 0.05) is 17.1 Å². The van der Waals surface area contributed by atoms with Crippen molar-refractivity contribution in [1.29, 1.82) is 0 Å². The number of halogens is 2. The van der Waals surface area contributed by atoms with Crippen LogP contribution in [0.25, 0.3) is 0 Å². The molecule has 2 rings (SSSR count). The lowest BCUT2D eigenvalue weighted by Crippen LogP contribution is -2.40. The maximum absolute atomic E-state index is 13.8. The maximum Gasteiger partial charge on any atom is 0.151 e. The van der Waals surface area contributed by atoms with Crippen LogP contribution in [0.3, 0.4) is 0 Å². The van der Waals surface area contributed by atoms with Gasteiger partial charge in [-0.3, -0.25) is 0 Å². The SMILES string of the molecule is CC1(C)CC[C@H]([C@@H](O)c2cccc(N)c2F)N1.Cl. The Labute approximate surface area is 113 Å². The monoisotopic (exact) mass is 274 g/mol. The standard InChI is InChI=1S/C13H19FN2O.ClH/c1-13(2)7-6-10(16-13)12(17)8-4-3-5-9(15)11(8)14;/h3-5,10,12,16-17H,6-7,15H2,1-2H3;1H/t10-,12+;/m1./s1. The highest BCUT2D eigenvalue weighted by Crippen LogP contribution is 2.32. The van der Waals surface area contributed by atoms with E-state index in [0.717, 1.165) is 12.8 Å². The first kappa shape index (κ1) is 15.2. The zero-order chi connectivity index (χ0) is 12.6. The summed E-state index contributed by atoms with van der Waals surface area (Å²) in [5, 5.41) is 13.5. The predicted molar refractivity (Wildman–Crippen MR) is 73.3 cm³/mol. The predicted octanol–water partition coefficient (Wildman–Crippen LogP) is 2.39. The number of hydrogen-bond donors (Lipinski definition) is 3. The minimum absolute atomic E-state index is 0. The molecule has 0 unspecified atom stereocenters. The van der Waals surface area contributed by atoms with Crippen molar-refractivity contribution >= 4 is 18.1 Å². The number of aliphatic hydroxyl groups is 1. The van der Waals surface area contributed by atoms with E-state index in [1.807, 2.05) is 0 Å². The van der Waals surface area contributed by atoms with Gasteiger partial charge in [-0.1, -0.05) is 12.1 Å². The van der Waals surface area contributed by atoms with Crippen LogP contribution in [0.1, 0.15) is 38.4 Å². The smallest absolute Gasteiger partial charge is 0.151 e. The van der Waals surface area contributed by atoms with E-state index in [2.05, 4.69) is 19.2 Å². The van der Waals surface area contributed by atoms with E-state index in [1.165, 1.54) is 6.07 Å². The van der Waals surface area contributed by atoms with Gasteiger partial charge in [-0.15, -0.1) is 12.4 Å². The lowest BCUT2D eigenvalue weighted by atomic mass is 9.99. The second-order valence-electron chi connectivity index (χ2n) is 5.37. The van der Waals surface area contributed by atoms with Crippen molar-refractivity contribution in [3.05, 3.63) is 29.6 Å². The van der Waals surface area contributed by atoms with E-state index in [4.69, 9.17) is 5.73 Å². The van der Waals surface area contributed by atoms with Gasteiger partial charge in [-0.2, -0.15) is 0 Å². The van der Waals surface area contributed by atoms with Gasteiger partial charge in [0.25, 0.3) is 0 Å². The van der Waals surface area contributed by atoms with Crippen LogP contribution in [0, 0.1) is 5.82 Å². The third-order valence-electron chi connectivity index (χ3n) is 3.41. The highest BCUT2D eigenvalue weighted by molar-refractivity contribution is 5.85. The van der Waals surface area contributed by atoms with Crippen LogP contribution in [0.2, 0.25) is 0 Å². The normalized spacial score (nSPS) is 23.4. The molecule has 1 fully saturated rings. The van der Waals surface area contributed by atoms with Crippen LogP contribution in [-0.2, 0) is 0 Å². The number of aliphatic hydroxyl groups excluding tert-OH is 1. The maximum atomic E-state index is 13.8. The first-order valence-electron chi connectivity index (χ1n) is 5.90. The first-order valence-corrected chi connectivity index (χ1v) is 5.90. The first-order chi connectivity index (χ1) is 7.91. The van der Waals surface area contributed by atoms with Crippen molar-refractivity contribution in [2.75, 3.05) is 5.73 Å². The molecule has 0 radical (unpaired) electrons. The number of nitrogens with two attached hydrogens (primary N) is 1. The fourth-order valence-electron chi connectivity index (χ4n) is 2.41. The van der Waals surface area contributed by atoms with Crippen molar-refractivity contribution in [1.82, 2.24) is 5.32 Å². The van der Waals surface area contributed by atoms with Crippen LogP contribution in [0.5, 0.6) is 0 Å². The van der Waals surface area contributed by atoms with Crippen molar-refractivity contribution < 1.29 is 9.50 Å². The Morgan fingerprint density at radius 2 is 2.17 bits per heavy atom. The molecule has 0 aromatic heterocycles. The molecule has 1 heterocycles. The Kier molecular flexibility index (Phi) is 4.59. The molecule has 1 aliphatic rings. The van der Waals surface area contributed by atoms with E-state index < -0.39 is 11.9 Å². The van der Waals surface area contributed by atoms with Gasteiger partial charge in [0.1, 0.15) is 0 Å². The molecule has 0 bridgehead atoms. The highest BCUT2D eigenvalue weighted by Gasteiger charge is 2.35. The lowest BCUT2D eigenvalue weighted by Gasteiger charge is -2.24. The van der Waals surface area contributed by atoms with Gasteiger partial charge in [0.15, 0.2) is 5.82 Å². The quantitative estimate of drug-likeness (QED) is 0.726. The average molecular weight is 275 g/mol. The van der Waals surface area contributed by atoms with Crippen LogP contribution >= 0.6 is 12.4 Å². The van der Waals surface area contributed by atoms with Crippen molar-refractivity contribution in [2.45, 2.75) is 44.4 Å². The molecule has 1 aliphatic heterocycles. The molecule has 0 amide bonds. The molecule has 0 spiro atoms. The Balaban J connectivity index is 0.00000162. The lowest BCUT2D eigenvalue weighted by molar-refractivity contribution is 0.128. The Hall–Kier alpha value is -0.840. The zero-order valence-electron chi connectivity index (χ0n) is 10.6. The molecule has 18 heavy (non-hydrogen) atoms. The van der Waals surface area contributed by atoms with E-state index >= 15 is 0 Å². The van der Waals surface area contributed by atoms with Gasteiger partial charge in [0.2, 0.25) is 0 Å². The summed E-state index contributed by atoms with van der Waals surface area (Å²) in [7, 11) is 0. The molecule has 3 nitrogen and oxygen atoms in total. The average Bonchev–Trinajstić information content (AvgIpc) is 2.62. The molecule has 0 aliphatic carbocycles. The molecule has 1 saturated heterocycles. The van der Waals surface area contributed by atoms with Gasteiger partial charge in [-0.25, -0.2) is 4.39 Å². The van der Waals surface area contributed by atoms with E-state index in [-0.39, 0.29) is 35.2 Å². The van der Waals surface area contributed by atoms with Gasteiger partial charge in [0.05, 0.1) is 11.8 Å². The van der Waals surface area contributed by atoms with Crippen molar-refractivity contribution in [2.24, 2.45) is 0 Å². The third-order valence-corrected chi connectivity index (χ3v) is 3.41. The second kappa shape index (κ2) is 5.43. The van der Waals surface area contributed by atoms with Crippen molar-refractivity contribution in [3.63, 3.8) is 0 Å². The summed E-state index contributed by atoms with van der Waals surface area (Å²) in [5.74, 6) is -0.508. The summed E-state index contributed by atoms with van der Waals surface area (Å²) >= 11 is 0. The largest absolute Gasteiger partial charge is 0.396 e. The molecule has 0 saturated carbocycles. The molecule has 102 valence electrons. The zero-order valence-corrected chi connectivity index (χ0v) is 11.4. The molecule has 5 heteroatoms. The van der Waals surface area contributed by atoms with Gasteiger partial charge in [-0.05, 0) is 32.8 Å². The summed E-state index contributed by atoms with van der Waals surface area (Å²) in [5.41, 5.74) is 5.87. The minimum atomic E-state index is -0.847. The summed E-state index contributed by atoms with van der Waals surface area (Å²) in [4.78, 5) is 0. The van der Waals surface area contributed by atoms with E-state index in [9.17, 15) is 9.50 Å². The summed E-state index contributed by atoms with van der Waals surface area (Å²) in [6.07, 6.45) is 0.960. The number of benzene rings is 1. The fourth-order valence-corrected chi connectivity index (χ4v) is 2.41. The van der Waals surface area contributed by atoms with Crippen LogP contribution < -0.4 is 11.1 Å². The van der Waals surface area contributed by atoms with Crippen LogP contribution in [-0.4, -0.2) is 16.7 Å². The van der Waals surface area contributed by atoms with Gasteiger partial charge < -0.3 is 16.2 Å². The number of nitrogens with one attached hydrogen (secondary N) is 1. The number of anilines is 1. The second-order valence-corrected chi connectivity index (χ2v) is 5.37. The molecule has 1 aromatic rings. The number of nitrogen functional groups attached to an aromatic ring is 1. The minimum Gasteiger partial charge on any atom is -0.396 e. The number of hydrogen-bond acceptors (Lipinski definition) is 3. The van der Waals surface area contributed by atoms with Crippen molar-refractivity contribution in [3.8, 4) is 0 Å². The number of rotatable bonds is 2. The summed E-state index contributed by atoms with van der Waals surface area (Å²) in [6.45, 7) is 4.16. The third kappa shape index (κ3) is 2.94. The van der Waals surface area contributed by atoms with Gasteiger partial charge >= 0.3 is 0 Å². The fraction of sp³-hybridized carbons (Fsp3) is 0.538. The molecular formula is C13H20ClFN2O.